The van der Waals surface area contributed by atoms with Crippen LogP contribution in [0.3, 0.4) is 0 Å². The van der Waals surface area contributed by atoms with E-state index < -0.39 is 0 Å². The second kappa shape index (κ2) is 10.2. The number of carbonyl (C=O) groups excluding carboxylic acids is 2. The van der Waals surface area contributed by atoms with E-state index in [0.717, 1.165) is 41.5 Å². The van der Waals surface area contributed by atoms with Crippen LogP contribution in [0, 0.1) is 0 Å². The van der Waals surface area contributed by atoms with Gasteiger partial charge in [0.25, 0.3) is 5.91 Å². The van der Waals surface area contributed by atoms with Crippen LogP contribution in [0.25, 0.3) is 22.2 Å². The number of unbranched alkanes of at least 4 members (excludes halogenated alkanes) is 2. The van der Waals surface area contributed by atoms with Gasteiger partial charge in [0.05, 0.1) is 35.9 Å². The van der Waals surface area contributed by atoms with Crippen LogP contribution in [-0.2, 0) is 4.79 Å². The number of rotatable bonds is 10. The first-order valence-corrected chi connectivity index (χ1v) is 11.4. The van der Waals surface area contributed by atoms with Crippen molar-refractivity contribution < 1.29 is 14.0 Å². The number of imidazole rings is 1. The van der Waals surface area contributed by atoms with E-state index in [-0.39, 0.29) is 17.9 Å². The van der Waals surface area contributed by atoms with Gasteiger partial charge in [-0.05, 0) is 25.0 Å². The maximum Gasteiger partial charge on any atom is 0.263 e. The van der Waals surface area contributed by atoms with Gasteiger partial charge in [-0.2, -0.15) is 0 Å². The zero-order valence-corrected chi connectivity index (χ0v) is 18.6. The molecule has 8 nitrogen and oxygen atoms in total. The summed E-state index contributed by atoms with van der Waals surface area (Å²) >= 11 is 1.30. The van der Waals surface area contributed by atoms with Crippen molar-refractivity contribution in [2.45, 2.75) is 38.1 Å². The van der Waals surface area contributed by atoms with Gasteiger partial charge in [0, 0.05) is 24.4 Å². The van der Waals surface area contributed by atoms with Gasteiger partial charge in [0.1, 0.15) is 16.3 Å². The fourth-order valence-corrected chi connectivity index (χ4v) is 4.15. The summed E-state index contributed by atoms with van der Waals surface area (Å²) in [7, 11) is 1.64. The third-order valence-electron chi connectivity index (χ3n) is 5.33. The highest BCUT2D eigenvalue weighted by atomic mass is 32.1. The van der Waals surface area contributed by atoms with Crippen molar-refractivity contribution in [3.63, 3.8) is 0 Å². The number of para-hydroxylation sites is 1. The van der Waals surface area contributed by atoms with E-state index in [1.54, 1.807) is 31.2 Å². The molecule has 0 bridgehead atoms. The molecule has 0 aliphatic carbocycles. The quantitative estimate of drug-likeness (QED) is 0.308. The number of furan rings is 1. The number of nitrogens with one attached hydrogen (secondary N) is 3. The maximum atomic E-state index is 12.7. The fourth-order valence-electron chi connectivity index (χ4n) is 3.63. The second-order valence-corrected chi connectivity index (χ2v) is 8.38. The molecule has 4 aromatic rings. The molecule has 0 aliphatic rings. The molecule has 3 N–H and O–H groups in total. The molecule has 4 rings (SSSR count). The highest BCUT2D eigenvalue weighted by molar-refractivity contribution is 7.11. The molecule has 166 valence electrons. The number of fused-ring (bicyclic) bond motifs is 1. The van der Waals surface area contributed by atoms with Crippen LogP contribution in [-0.4, -0.2) is 33.8 Å². The van der Waals surface area contributed by atoms with E-state index in [1.807, 2.05) is 24.3 Å². The van der Waals surface area contributed by atoms with Crippen LogP contribution in [0.2, 0.25) is 0 Å². The van der Waals surface area contributed by atoms with Gasteiger partial charge in [-0.1, -0.05) is 25.0 Å². The Morgan fingerprint density at radius 1 is 1.19 bits per heavy atom. The SMILES string of the molecule is CNC(=O)CCCCC[C@H](NC(=O)c1cncs1)c1ncc(-c2cccc3ccoc23)[nH]1. The first-order valence-electron chi connectivity index (χ1n) is 10.6. The zero-order valence-electron chi connectivity index (χ0n) is 17.8. The topological polar surface area (TPSA) is 113 Å². The Hall–Kier alpha value is -3.46. The number of benzene rings is 1. The molecule has 3 aromatic heterocycles. The summed E-state index contributed by atoms with van der Waals surface area (Å²) in [5.41, 5.74) is 4.18. The standard InChI is InChI=1S/C23H25N5O3S/c1-24-20(29)9-4-2-3-8-17(28-23(30)19-13-25-14-32-19)22-26-12-18(27-22)16-7-5-6-15-10-11-31-21(15)16/h5-7,10-14,17H,2-4,8-9H2,1H3,(H,24,29)(H,26,27)(H,28,30)/t17-/m0/s1. The number of aromatic amines is 1. The molecule has 0 fully saturated rings. The minimum Gasteiger partial charge on any atom is -0.464 e. The summed E-state index contributed by atoms with van der Waals surface area (Å²) in [6.07, 6.45) is 8.76. The summed E-state index contributed by atoms with van der Waals surface area (Å²) in [6.45, 7) is 0. The Morgan fingerprint density at radius 3 is 2.91 bits per heavy atom. The molecule has 1 aromatic carbocycles. The summed E-state index contributed by atoms with van der Waals surface area (Å²) in [6, 6.07) is 7.59. The fraction of sp³-hybridized carbons (Fsp3) is 0.304. The number of carbonyl (C=O) groups is 2. The third kappa shape index (κ3) is 5.05. The number of hydrogen-bond donors (Lipinski definition) is 3. The molecule has 3 heterocycles. The van der Waals surface area contributed by atoms with Gasteiger partial charge in [-0.25, -0.2) is 4.98 Å². The molecule has 2 amide bonds. The Balaban J connectivity index is 1.49. The van der Waals surface area contributed by atoms with Crippen LogP contribution >= 0.6 is 11.3 Å². The van der Waals surface area contributed by atoms with Crippen LogP contribution in [0.4, 0.5) is 0 Å². The van der Waals surface area contributed by atoms with E-state index in [1.165, 1.54) is 11.3 Å². The van der Waals surface area contributed by atoms with Gasteiger partial charge in [0.2, 0.25) is 5.91 Å². The maximum absolute atomic E-state index is 12.7. The molecule has 0 aliphatic heterocycles. The lowest BCUT2D eigenvalue weighted by molar-refractivity contribution is -0.120. The summed E-state index contributed by atoms with van der Waals surface area (Å²) in [5, 5.41) is 6.73. The molecule has 0 unspecified atom stereocenters. The molecule has 0 saturated carbocycles. The largest absolute Gasteiger partial charge is 0.464 e. The highest BCUT2D eigenvalue weighted by Gasteiger charge is 2.20. The highest BCUT2D eigenvalue weighted by Crippen LogP contribution is 2.29. The number of aromatic nitrogens is 3. The molecule has 9 heteroatoms. The minimum atomic E-state index is -0.283. The zero-order chi connectivity index (χ0) is 22.3. The van der Waals surface area contributed by atoms with Crippen molar-refractivity contribution in [1.82, 2.24) is 25.6 Å². The molecule has 0 saturated heterocycles. The number of nitrogens with zero attached hydrogens (tertiary/aromatic N) is 2. The Morgan fingerprint density at radius 2 is 2.09 bits per heavy atom. The lowest BCUT2D eigenvalue weighted by Crippen LogP contribution is -2.28. The predicted octanol–water partition coefficient (Wildman–Crippen LogP) is 4.45. The van der Waals surface area contributed by atoms with Crippen LogP contribution < -0.4 is 10.6 Å². The van der Waals surface area contributed by atoms with Crippen LogP contribution in [0.1, 0.15) is 53.6 Å². The minimum absolute atomic E-state index is 0.0443. The second-order valence-electron chi connectivity index (χ2n) is 7.49. The van der Waals surface area contributed by atoms with E-state index in [2.05, 4.69) is 25.6 Å². The predicted molar refractivity (Wildman–Crippen MR) is 123 cm³/mol. The molecule has 0 radical (unpaired) electrons. The van der Waals surface area contributed by atoms with Crippen molar-refractivity contribution in [2.24, 2.45) is 0 Å². The molecule has 1 atom stereocenters. The Bertz CT molecular complexity index is 1180. The summed E-state index contributed by atoms with van der Waals surface area (Å²) in [4.78, 5) is 36.6. The van der Waals surface area contributed by atoms with Gasteiger partial charge < -0.3 is 20.0 Å². The molecule has 0 spiro atoms. The molecular formula is C23H25N5O3S. The van der Waals surface area contributed by atoms with E-state index >= 15 is 0 Å². The monoisotopic (exact) mass is 451 g/mol. The number of thiazole rings is 1. The van der Waals surface area contributed by atoms with Crippen LogP contribution in [0.5, 0.6) is 0 Å². The third-order valence-corrected chi connectivity index (χ3v) is 6.10. The number of amides is 2. The van der Waals surface area contributed by atoms with Crippen LogP contribution in [0.15, 0.2) is 52.9 Å². The average Bonchev–Trinajstić information content (AvgIpc) is 3.58. The smallest absolute Gasteiger partial charge is 0.263 e. The first kappa shape index (κ1) is 21.8. The number of hydrogen-bond acceptors (Lipinski definition) is 6. The average molecular weight is 452 g/mol. The number of H-pyrrole nitrogens is 1. The summed E-state index contributed by atoms with van der Waals surface area (Å²) < 4.78 is 5.65. The first-order chi connectivity index (χ1) is 15.7. The lowest BCUT2D eigenvalue weighted by Gasteiger charge is -2.16. The van der Waals surface area contributed by atoms with Crippen molar-refractivity contribution in [3.8, 4) is 11.3 Å². The van der Waals surface area contributed by atoms with Crippen molar-refractivity contribution in [3.05, 3.63) is 59.1 Å². The van der Waals surface area contributed by atoms with E-state index in [4.69, 9.17) is 4.42 Å². The van der Waals surface area contributed by atoms with Gasteiger partial charge >= 0.3 is 0 Å². The normalized spacial score (nSPS) is 12.0. The lowest BCUT2D eigenvalue weighted by atomic mass is 10.1. The van der Waals surface area contributed by atoms with E-state index in [9.17, 15) is 9.59 Å². The van der Waals surface area contributed by atoms with Gasteiger partial charge in [-0.15, -0.1) is 11.3 Å². The Labute approximate surface area is 189 Å². The summed E-state index contributed by atoms with van der Waals surface area (Å²) in [5.74, 6) is 0.560. The van der Waals surface area contributed by atoms with Crippen molar-refractivity contribution in [2.75, 3.05) is 7.05 Å². The van der Waals surface area contributed by atoms with E-state index in [0.29, 0.717) is 23.5 Å². The molecular weight excluding hydrogens is 426 g/mol. The van der Waals surface area contributed by atoms with Crippen molar-refractivity contribution >= 4 is 34.1 Å². The van der Waals surface area contributed by atoms with Crippen molar-refractivity contribution in [1.29, 1.82) is 0 Å². The van der Waals surface area contributed by atoms with Gasteiger partial charge in [-0.3, -0.25) is 14.6 Å². The Kier molecular flexibility index (Phi) is 6.96. The van der Waals surface area contributed by atoms with Gasteiger partial charge in [0.15, 0.2) is 0 Å². The molecule has 32 heavy (non-hydrogen) atoms.